The van der Waals surface area contributed by atoms with Gasteiger partial charge in [-0.2, -0.15) is 13.5 Å². The van der Waals surface area contributed by atoms with Gasteiger partial charge in [0.05, 0.1) is 17.3 Å². The van der Waals surface area contributed by atoms with Gasteiger partial charge in [-0.25, -0.2) is 5.43 Å². The van der Waals surface area contributed by atoms with Gasteiger partial charge in [-0.3, -0.25) is 4.79 Å². The van der Waals surface area contributed by atoms with E-state index in [-0.39, 0.29) is 10.6 Å². The highest BCUT2D eigenvalue weighted by molar-refractivity contribution is 9.11. The summed E-state index contributed by atoms with van der Waals surface area (Å²) < 4.78 is 43.6. The molecule has 0 saturated carbocycles. The second kappa shape index (κ2) is 13.6. The van der Waals surface area contributed by atoms with Gasteiger partial charge in [0.2, 0.25) is 0 Å². The lowest BCUT2D eigenvalue weighted by Crippen LogP contribution is -2.18. The summed E-state index contributed by atoms with van der Waals surface area (Å²) in [4.78, 5) is 12.8. The monoisotopic (exact) mass is 686 g/mol. The summed E-state index contributed by atoms with van der Waals surface area (Å²) in [6.45, 7) is 2.58. The van der Waals surface area contributed by atoms with Gasteiger partial charge < -0.3 is 13.7 Å². The number of halogens is 2. The van der Waals surface area contributed by atoms with Crippen molar-refractivity contribution < 1.29 is 26.9 Å². The molecule has 11 heteroatoms. The number of ether oxygens (including phenoxy) is 2. The van der Waals surface area contributed by atoms with Crippen LogP contribution < -0.4 is 19.1 Å². The molecule has 206 valence electrons. The quantitative estimate of drug-likeness (QED) is 0.107. The zero-order valence-electron chi connectivity index (χ0n) is 21.2. The molecule has 40 heavy (non-hydrogen) atoms. The van der Waals surface area contributed by atoms with Crippen LogP contribution in [-0.2, 0) is 16.7 Å². The topological polar surface area (TPSA) is 103 Å². The Morgan fingerprint density at radius 1 is 0.900 bits per heavy atom. The lowest BCUT2D eigenvalue weighted by Gasteiger charge is -2.13. The van der Waals surface area contributed by atoms with Gasteiger partial charge in [0.25, 0.3) is 5.91 Å². The summed E-state index contributed by atoms with van der Waals surface area (Å²) >= 11 is 6.72. The van der Waals surface area contributed by atoms with Crippen LogP contribution in [0, 0.1) is 0 Å². The van der Waals surface area contributed by atoms with Crippen molar-refractivity contribution in [2.24, 2.45) is 5.10 Å². The smallest absolute Gasteiger partial charge is 0.339 e. The highest BCUT2D eigenvalue weighted by Crippen LogP contribution is 2.34. The molecule has 0 aromatic heterocycles. The third-order valence-electron chi connectivity index (χ3n) is 5.37. The molecule has 0 spiro atoms. The van der Waals surface area contributed by atoms with Crippen LogP contribution in [0.25, 0.3) is 0 Å². The standard InChI is InChI=1S/C29H24Br2N2O6S/c1-2-37-27-16-21(13-14-26(27)38-19-20-9-5-3-6-10-20)29(34)33-32-18-22-15-23(30)17-25(31)28(22)39-40(35,36)24-11-7-4-8-12-24/h3-18H,2,19H2,1H3,(H,33,34)/b32-18+. The summed E-state index contributed by atoms with van der Waals surface area (Å²) in [6.07, 6.45) is 1.30. The zero-order valence-corrected chi connectivity index (χ0v) is 25.2. The van der Waals surface area contributed by atoms with E-state index in [4.69, 9.17) is 13.7 Å². The Bertz CT molecular complexity index is 1610. The van der Waals surface area contributed by atoms with E-state index in [0.29, 0.717) is 44.8 Å². The Morgan fingerprint density at radius 3 is 2.30 bits per heavy atom. The number of benzene rings is 4. The van der Waals surface area contributed by atoms with Crippen molar-refractivity contribution in [1.82, 2.24) is 5.43 Å². The summed E-state index contributed by atoms with van der Waals surface area (Å²) in [5.74, 6) is 0.447. The Morgan fingerprint density at radius 2 is 1.60 bits per heavy atom. The van der Waals surface area contributed by atoms with Gasteiger partial charge in [-0.05, 0) is 70.9 Å². The SMILES string of the molecule is CCOc1cc(C(=O)N/N=C/c2cc(Br)cc(Br)c2OS(=O)(=O)c2ccccc2)ccc1OCc1ccccc1. The molecule has 0 aliphatic heterocycles. The number of carbonyl (C=O) groups excluding carboxylic acids is 1. The van der Waals surface area contributed by atoms with Crippen LogP contribution in [0.2, 0.25) is 0 Å². The van der Waals surface area contributed by atoms with Crippen molar-refractivity contribution in [2.75, 3.05) is 6.61 Å². The first-order valence-corrected chi connectivity index (χ1v) is 15.0. The molecule has 0 unspecified atom stereocenters. The van der Waals surface area contributed by atoms with E-state index in [0.717, 1.165) is 5.56 Å². The van der Waals surface area contributed by atoms with E-state index < -0.39 is 16.0 Å². The van der Waals surface area contributed by atoms with E-state index in [1.165, 1.54) is 18.3 Å². The van der Waals surface area contributed by atoms with E-state index in [1.807, 2.05) is 37.3 Å². The molecular weight excluding hydrogens is 664 g/mol. The number of hydrazone groups is 1. The molecule has 4 aromatic carbocycles. The lowest BCUT2D eigenvalue weighted by molar-refractivity contribution is 0.0954. The molecule has 0 heterocycles. The Hall–Kier alpha value is -3.67. The highest BCUT2D eigenvalue weighted by atomic mass is 79.9. The van der Waals surface area contributed by atoms with Crippen LogP contribution in [0.4, 0.5) is 0 Å². The summed E-state index contributed by atoms with van der Waals surface area (Å²) in [5.41, 5.74) is 4.06. The first kappa shape index (κ1) is 29.3. The predicted molar refractivity (Wildman–Crippen MR) is 160 cm³/mol. The van der Waals surface area contributed by atoms with E-state index in [1.54, 1.807) is 48.5 Å². The predicted octanol–water partition coefficient (Wildman–Crippen LogP) is 6.72. The van der Waals surface area contributed by atoms with Crippen molar-refractivity contribution in [3.63, 3.8) is 0 Å². The third-order valence-corrected chi connectivity index (χ3v) is 7.66. The molecule has 8 nitrogen and oxygen atoms in total. The molecule has 4 aromatic rings. The number of nitrogens with one attached hydrogen (secondary N) is 1. The fraction of sp³-hybridized carbons (Fsp3) is 0.103. The summed E-state index contributed by atoms with van der Waals surface area (Å²) in [7, 11) is -4.11. The van der Waals surface area contributed by atoms with E-state index in [2.05, 4.69) is 42.4 Å². The number of amides is 1. The second-order valence-corrected chi connectivity index (χ2v) is 11.5. The molecule has 0 fully saturated rings. The fourth-order valence-electron chi connectivity index (χ4n) is 3.51. The Balaban J connectivity index is 1.50. The highest BCUT2D eigenvalue weighted by Gasteiger charge is 2.21. The molecule has 0 bridgehead atoms. The average Bonchev–Trinajstić information content (AvgIpc) is 2.95. The van der Waals surface area contributed by atoms with Gasteiger partial charge in [0.1, 0.15) is 11.5 Å². The van der Waals surface area contributed by atoms with Crippen molar-refractivity contribution >= 4 is 54.1 Å². The summed E-state index contributed by atoms with van der Waals surface area (Å²) in [6, 6.07) is 25.6. The Labute approximate surface area is 249 Å². The molecule has 0 atom stereocenters. The molecule has 1 amide bonds. The van der Waals surface area contributed by atoms with Crippen LogP contribution in [0.15, 0.2) is 110 Å². The van der Waals surface area contributed by atoms with E-state index >= 15 is 0 Å². The second-order valence-electron chi connectivity index (χ2n) is 8.22. The van der Waals surface area contributed by atoms with Crippen molar-refractivity contribution in [3.8, 4) is 17.2 Å². The minimum Gasteiger partial charge on any atom is -0.490 e. The van der Waals surface area contributed by atoms with Crippen LogP contribution in [0.5, 0.6) is 17.2 Å². The number of rotatable bonds is 11. The van der Waals surface area contributed by atoms with E-state index in [9.17, 15) is 13.2 Å². The molecule has 0 radical (unpaired) electrons. The maximum Gasteiger partial charge on any atom is 0.339 e. The maximum atomic E-state index is 12.8. The van der Waals surface area contributed by atoms with Crippen LogP contribution in [-0.4, -0.2) is 27.1 Å². The molecule has 4 rings (SSSR count). The normalized spacial score (nSPS) is 11.3. The minimum atomic E-state index is -4.11. The van der Waals surface area contributed by atoms with Gasteiger partial charge in [0.15, 0.2) is 17.2 Å². The number of carbonyl (C=O) groups is 1. The first-order chi connectivity index (χ1) is 19.3. The minimum absolute atomic E-state index is 0.00214. The maximum absolute atomic E-state index is 12.8. The van der Waals surface area contributed by atoms with Gasteiger partial charge in [0, 0.05) is 15.6 Å². The number of hydrogen-bond acceptors (Lipinski definition) is 7. The van der Waals surface area contributed by atoms with Gasteiger partial charge >= 0.3 is 10.1 Å². The van der Waals surface area contributed by atoms with Gasteiger partial charge in [-0.1, -0.05) is 64.5 Å². The van der Waals surface area contributed by atoms with Crippen LogP contribution in [0.1, 0.15) is 28.4 Å². The first-order valence-electron chi connectivity index (χ1n) is 12.0. The molecule has 0 aliphatic carbocycles. The van der Waals surface area contributed by atoms with Crippen molar-refractivity contribution in [1.29, 1.82) is 0 Å². The third kappa shape index (κ3) is 7.71. The van der Waals surface area contributed by atoms with Crippen LogP contribution in [0.3, 0.4) is 0 Å². The molecular formula is C29H24Br2N2O6S. The zero-order chi connectivity index (χ0) is 28.5. The largest absolute Gasteiger partial charge is 0.490 e. The average molecular weight is 688 g/mol. The lowest BCUT2D eigenvalue weighted by atomic mass is 10.2. The van der Waals surface area contributed by atoms with Crippen molar-refractivity contribution in [3.05, 3.63) is 117 Å². The van der Waals surface area contributed by atoms with Crippen molar-refractivity contribution in [2.45, 2.75) is 18.4 Å². The van der Waals surface area contributed by atoms with Gasteiger partial charge in [-0.15, -0.1) is 0 Å². The van der Waals surface area contributed by atoms with Crippen LogP contribution >= 0.6 is 31.9 Å². The molecule has 0 saturated heterocycles. The molecule has 0 aliphatic rings. The summed E-state index contributed by atoms with van der Waals surface area (Å²) in [5, 5.41) is 4.02. The number of nitrogens with zero attached hydrogens (tertiary/aromatic N) is 1. The Kier molecular flexibility index (Phi) is 9.97. The fourth-order valence-corrected chi connectivity index (χ4v) is 5.94. The number of hydrogen-bond donors (Lipinski definition) is 1. The molecule has 1 N–H and O–H groups in total.